The minimum Gasteiger partial charge on any atom is -0.381 e. The number of hydrogen-bond donors (Lipinski definition) is 2. The van der Waals surface area contributed by atoms with E-state index in [0.717, 1.165) is 32.7 Å². The molecule has 0 aromatic heterocycles. The van der Waals surface area contributed by atoms with Crippen LogP contribution in [0.5, 0.6) is 0 Å². The number of piperazine rings is 1. The van der Waals surface area contributed by atoms with Gasteiger partial charge in [0, 0.05) is 32.8 Å². The Kier molecular flexibility index (Phi) is 6.37. The highest BCUT2D eigenvalue weighted by atomic mass is 16.5. The fraction of sp³-hybridized carbons (Fsp3) is 0.909. The molecule has 0 radical (unpaired) electrons. The van der Waals surface area contributed by atoms with Crippen LogP contribution in [0.4, 0.5) is 0 Å². The summed E-state index contributed by atoms with van der Waals surface area (Å²) in [5, 5.41) is 3.24. The van der Waals surface area contributed by atoms with Gasteiger partial charge in [-0.3, -0.25) is 4.79 Å². The standard InChI is InChI=1S/C11H23N3O2/c1-2-6-16-7-3-11(15)14-5-4-13-9-10(14)8-12/h10,13H,2-9,12H2,1H3. The fourth-order valence-electron chi connectivity index (χ4n) is 1.85. The quantitative estimate of drug-likeness (QED) is 0.606. The summed E-state index contributed by atoms with van der Waals surface area (Å²) in [4.78, 5) is 13.8. The summed E-state index contributed by atoms with van der Waals surface area (Å²) in [5.74, 6) is 0.160. The number of nitrogens with two attached hydrogens (primary N) is 1. The molecule has 1 aliphatic heterocycles. The molecule has 1 amide bonds. The lowest BCUT2D eigenvalue weighted by atomic mass is 10.2. The number of nitrogens with zero attached hydrogens (tertiary/aromatic N) is 1. The average Bonchev–Trinajstić information content (AvgIpc) is 2.34. The third kappa shape index (κ3) is 4.08. The molecule has 16 heavy (non-hydrogen) atoms. The molecule has 1 aliphatic rings. The first-order chi connectivity index (χ1) is 7.79. The molecule has 1 rings (SSSR count). The van der Waals surface area contributed by atoms with E-state index in [1.807, 2.05) is 4.90 Å². The molecule has 1 fully saturated rings. The average molecular weight is 229 g/mol. The Bertz CT molecular complexity index is 211. The van der Waals surface area contributed by atoms with Gasteiger partial charge in [-0.1, -0.05) is 6.92 Å². The Labute approximate surface area is 97.3 Å². The first-order valence-corrected chi connectivity index (χ1v) is 6.07. The van der Waals surface area contributed by atoms with Gasteiger partial charge in [-0.15, -0.1) is 0 Å². The van der Waals surface area contributed by atoms with Crippen LogP contribution in [-0.2, 0) is 9.53 Å². The summed E-state index contributed by atoms with van der Waals surface area (Å²) in [7, 11) is 0. The van der Waals surface area contributed by atoms with E-state index in [9.17, 15) is 4.79 Å². The number of nitrogens with one attached hydrogen (secondary N) is 1. The predicted molar refractivity (Wildman–Crippen MR) is 63.2 cm³/mol. The highest BCUT2D eigenvalue weighted by Crippen LogP contribution is 2.04. The van der Waals surface area contributed by atoms with Crippen LogP contribution in [0, 0.1) is 0 Å². The summed E-state index contributed by atoms with van der Waals surface area (Å²) >= 11 is 0. The summed E-state index contributed by atoms with van der Waals surface area (Å²) in [6.45, 7) is 6.25. The number of hydrogen-bond acceptors (Lipinski definition) is 4. The second kappa shape index (κ2) is 7.60. The van der Waals surface area contributed by atoms with E-state index in [4.69, 9.17) is 10.5 Å². The van der Waals surface area contributed by atoms with Crippen LogP contribution in [-0.4, -0.2) is 56.2 Å². The number of carbonyl (C=O) groups is 1. The Morgan fingerprint density at radius 1 is 1.56 bits per heavy atom. The van der Waals surface area contributed by atoms with E-state index < -0.39 is 0 Å². The molecule has 0 aliphatic carbocycles. The maximum Gasteiger partial charge on any atom is 0.225 e. The fourth-order valence-corrected chi connectivity index (χ4v) is 1.85. The van der Waals surface area contributed by atoms with Crippen LogP contribution < -0.4 is 11.1 Å². The van der Waals surface area contributed by atoms with Gasteiger partial charge in [0.1, 0.15) is 0 Å². The lowest BCUT2D eigenvalue weighted by molar-refractivity contribution is -0.135. The number of ether oxygens (including phenoxy) is 1. The van der Waals surface area contributed by atoms with E-state index in [2.05, 4.69) is 12.2 Å². The molecule has 0 aromatic rings. The highest BCUT2D eigenvalue weighted by Gasteiger charge is 2.24. The van der Waals surface area contributed by atoms with Gasteiger partial charge in [0.2, 0.25) is 5.91 Å². The molecule has 3 N–H and O–H groups in total. The lowest BCUT2D eigenvalue weighted by Crippen LogP contribution is -2.56. The van der Waals surface area contributed by atoms with Gasteiger partial charge in [-0.05, 0) is 6.42 Å². The molecular weight excluding hydrogens is 206 g/mol. The van der Waals surface area contributed by atoms with Gasteiger partial charge in [0.05, 0.1) is 19.1 Å². The molecule has 5 heteroatoms. The number of rotatable bonds is 6. The molecule has 1 heterocycles. The molecule has 0 spiro atoms. The van der Waals surface area contributed by atoms with Crippen molar-refractivity contribution in [2.24, 2.45) is 5.73 Å². The van der Waals surface area contributed by atoms with Crippen LogP contribution in [0.25, 0.3) is 0 Å². The maximum atomic E-state index is 11.9. The molecule has 0 aromatic carbocycles. The zero-order valence-electron chi connectivity index (χ0n) is 10.1. The van der Waals surface area contributed by atoms with Gasteiger partial charge >= 0.3 is 0 Å². The molecule has 1 unspecified atom stereocenters. The van der Waals surface area contributed by atoms with Gasteiger partial charge < -0.3 is 20.7 Å². The second-order valence-corrected chi connectivity index (χ2v) is 4.04. The molecule has 0 saturated carbocycles. The summed E-state index contributed by atoms with van der Waals surface area (Å²) < 4.78 is 5.32. The molecule has 1 atom stereocenters. The Balaban J connectivity index is 2.27. The van der Waals surface area contributed by atoms with Crippen molar-refractivity contribution < 1.29 is 9.53 Å². The van der Waals surface area contributed by atoms with Crippen molar-refractivity contribution in [2.75, 3.05) is 39.4 Å². The van der Waals surface area contributed by atoms with E-state index >= 15 is 0 Å². The van der Waals surface area contributed by atoms with E-state index in [0.29, 0.717) is 19.6 Å². The highest BCUT2D eigenvalue weighted by molar-refractivity contribution is 5.76. The van der Waals surface area contributed by atoms with Crippen molar-refractivity contribution in [3.8, 4) is 0 Å². The Hall–Kier alpha value is -0.650. The van der Waals surface area contributed by atoms with E-state index in [1.54, 1.807) is 0 Å². The SMILES string of the molecule is CCCOCCC(=O)N1CCNCC1CN. The van der Waals surface area contributed by atoms with Gasteiger partial charge in [0.15, 0.2) is 0 Å². The van der Waals surface area contributed by atoms with E-state index in [-0.39, 0.29) is 11.9 Å². The first-order valence-electron chi connectivity index (χ1n) is 6.07. The van der Waals surface area contributed by atoms with Crippen molar-refractivity contribution in [2.45, 2.75) is 25.8 Å². The number of amides is 1. The smallest absolute Gasteiger partial charge is 0.225 e. The van der Waals surface area contributed by atoms with E-state index in [1.165, 1.54) is 0 Å². The Morgan fingerprint density at radius 2 is 2.38 bits per heavy atom. The predicted octanol–water partition coefficient (Wildman–Crippen LogP) is -0.438. The van der Waals surface area contributed by atoms with Crippen molar-refractivity contribution in [1.82, 2.24) is 10.2 Å². The topological polar surface area (TPSA) is 67.6 Å². The zero-order valence-corrected chi connectivity index (χ0v) is 10.1. The molecular formula is C11H23N3O2. The molecule has 1 saturated heterocycles. The van der Waals surface area contributed by atoms with Crippen molar-refractivity contribution in [1.29, 1.82) is 0 Å². The van der Waals surface area contributed by atoms with Crippen LogP contribution in [0.15, 0.2) is 0 Å². The minimum absolute atomic E-state index is 0.146. The van der Waals surface area contributed by atoms with Gasteiger partial charge in [-0.25, -0.2) is 0 Å². The van der Waals surface area contributed by atoms with Crippen LogP contribution in [0.2, 0.25) is 0 Å². The third-order valence-electron chi connectivity index (χ3n) is 2.75. The second-order valence-electron chi connectivity index (χ2n) is 4.04. The lowest BCUT2D eigenvalue weighted by Gasteiger charge is -2.35. The largest absolute Gasteiger partial charge is 0.381 e. The summed E-state index contributed by atoms with van der Waals surface area (Å²) in [6, 6.07) is 0.146. The molecule has 0 bridgehead atoms. The van der Waals surface area contributed by atoms with Crippen molar-refractivity contribution in [3.63, 3.8) is 0 Å². The first kappa shape index (κ1) is 13.4. The van der Waals surface area contributed by atoms with Crippen LogP contribution >= 0.6 is 0 Å². The summed E-state index contributed by atoms with van der Waals surface area (Å²) in [6.07, 6.45) is 1.46. The maximum absolute atomic E-state index is 11.9. The van der Waals surface area contributed by atoms with Crippen molar-refractivity contribution >= 4 is 5.91 Å². The van der Waals surface area contributed by atoms with Crippen LogP contribution in [0.1, 0.15) is 19.8 Å². The Morgan fingerprint density at radius 3 is 3.06 bits per heavy atom. The van der Waals surface area contributed by atoms with Gasteiger partial charge in [-0.2, -0.15) is 0 Å². The molecule has 5 nitrogen and oxygen atoms in total. The third-order valence-corrected chi connectivity index (χ3v) is 2.75. The minimum atomic E-state index is 0.146. The zero-order chi connectivity index (χ0) is 11.8. The number of carbonyl (C=O) groups excluding carboxylic acids is 1. The summed E-state index contributed by atoms with van der Waals surface area (Å²) in [5.41, 5.74) is 5.64. The van der Waals surface area contributed by atoms with Gasteiger partial charge in [0.25, 0.3) is 0 Å². The van der Waals surface area contributed by atoms with Crippen LogP contribution in [0.3, 0.4) is 0 Å². The molecule has 94 valence electrons. The normalized spacial score (nSPS) is 21.1. The van der Waals surface area contributed by atoms with Crippen molar-refractivity contribution in [3.05, 3.63) is 0 Å². The monoisotopic (exact) mass is 229 g/mol.